The molecular formula is C10H13ClN4S. The third-order valence-corrected chi connectivity index (χ3v) is 4.19. The van der Waals surface area contributed by atoms with E-state index >= 15 is 0 Å². The molecule has 0 aliphatic rings. The number of hydrogen-bond donors (Lipinski definition) is 1. The minimum atomic E-state index is -0.108. The van der Waals surface area contributed by atoms with Crippen LogP contribution in [0.2, 0.25) is 5.02 Å². The number of nitrogens with zero attached hydrogens (tertiary/aromatic N) is 3. The van der Waals surface area contributed by atoms with Gasteiger partial charge in [-0.3, -0.25) is 4.68 Å². The molecule has 2 heterocycles. The SMILES string of the molecule is Cc1csc(C(N)Cc2cn(C)nn2)c1Cl. The lowest BCUT2D eigenvalue weighted by molar-refractivity contribution is 0.700. The van der Waals surface area contributed by atoms with Gasteiger partial charge in [0.2, 0.25) is 0 Å². The zero-order valence-electron chi connectivity index (χ0n) is 9.14. The van der Waals surface area contributed by atoms with Crippen molar-refractivity contribution in [2.24, 2.45) is 12.8 Å². The molecule has 2 N–H and O–H groups in total. The zero-order valence-corrected chi connectivity index (χ0v) is 10.7. The highest BCUT2D eigenvalue weighted by Gasteiger charge is 2.15. The van der Waals surface area contributed by atoms with Gasteiger partial charge in [0.05, 0.1) is 10.7 Å². The van der Waals surface area contributed by atoms with E-state index in [4.69, 9.17) is 17.3 Å². The maximum absolute atomic E-state index is 6.16. The summed E-state index contributed by atoms with van der Waals surface area (Å²) in [7, 11) is 1.84. The Morgan fingerprint density at radius 2 is 2.38 bits per heavy atom. The van der Waals surface area contributed by atoms with Crippen molar-refractivity contribution in [3.63, 3.8) is 0 Å². The Bertz CT molecular complexity index is 491. The third kappa shape index (κ3) is 2.26. The zero-order chi connectivity index (χ0) is 11.7. The van der Waals surface area contributed by atoms with Crippen LogP contribution < -0.4 is 5.73 Å². The highest BCUT2D eigenvalue weighted by atomic mass is 35.5. The second-order valence-electron chi connectivity index (χ2n) is 3.79. The maximum atomic E-state index is 6.16. The van der Waals surface area contributed by atoms with Crippen molar-refractivity contribution in [2.45, 2.75) is 19.4 Å². The summed E-state index contributed by atoms with van der Waals surface area (Å²) in [5.41, 5.74) is 8.07. The normalized spacial score (nSPS) is 13.0. The van der Waals surface area contributed by atoms with Crippen LogP contribution in [-0.2, 0) is 13.5 Å². The molecule has 0 amide bonds. The monoisotopic (exact) mass is 256 g/mol. The van der Waals surface area contributed by atoms with E-state index in [2.05, 4.69) is 10.3 Å². The molecule has 16 heavy (non-hydrogen) atoms. The van der Waals surface area contributed by atoms with Gasteiger partial charge in [-0.15, -0.1) is 16.4 Å². The molecular weight excluding hydrogens is 244 g/mol. The maximum Gasteiger partial charge on any atom is 0.0846 e. The number of nitrogens with two attached hydrogens (primary N) is 1. The van der Waals surface area contributed by atoms with Crippen LogP contribution >= 0.6 is 22.9 Å². The van der Waals surface area contributed by atoms with Crippen LogP contribution in [0, 0.1) is 6.92 Å². The highest BCUT2D eigenvalue weighted by molar-refractivity contribution is 7.10. The lowest BCUT2D eigenvalue weighted by Crippen LogP contribution is -2.12. The van der Waals surface area contributed by atoms with Crippen molar-refractivity contribution in [1.29, 1.82) is 0 Å². The first-order valence-corrected chi connectivity index (χ1v) is 6.18. The molecule has 86 valence electrons. The van der Waals surface area contributed by atoms with Gasteiger partial charge >= 0.3 is 0 Å². The first-order valence-electron chi connectivity index (χ1n) is 4.92. The van der Waals surface area contributed by atoms with Crippen molar-refractivity contribution in [3.8, 4) is 0 Å². The fraction of sp³-hybridized carbons (Fsp3) is 0.400. The predicted octanol–water partition coefficient (Wildman–Crippen LogP) is 2.08. The summed E-state index contributed by atoms with van der Waals surface area (Å²) in [5, 5.41) is 10.7. The first-order chi connectivity index (χ1) is 7.58. The Labute approximate surface area is 103 Å². The van der Waals surface area contributed by atoms with E-state index in [0.29, 0.717) is 6.42 Å². The fourth-order valence-corrected chi connectivity index (χ4v) is 2.84. The Kier molecular flexibility index (Phi) is 3.28. The topological polar surface area (TPSA) is 56.7 Å². The highest BCUT2D eigenvalue weighted by Crippen LogP contribution is 2.32. The molecule has 0 aromatic carbocycles. The van der Waals surface area contributed by atoms with Gasteiger partial charge in [-0.25, -0.2) is 0 Å². The van der Waals surface area contributed by atoms with E-state index in [0.717, 1.165) is 21.2 Å². The molecule has 0 fully saturated rings. The molecule has 0 radical (unpaired) electrons. The third-order valence-electron chi connectivity index (χ3n) is 2.34. The van der Waals surface area contributed by atoms with Crippen molar-refractivity contribution < 1.29 is 0 Å². The van der Waals surface area contributed by atoms with Crippen LogP contribution in [0.25, 0.3) is 0 Å². The standard InChI is InChI=1S/C10H13ClN4S/c1-6-5-16-10(9(6)11)8(12)3-7-4-15(2)14-13-7/h4-5,8H,3,12H2,1-2H3. The molecule has 2 aromatic heterocycles. The summed E-state index contributed by atoms with van der Waals surface area (Å²) >= 11 is 7.76. The van der Waals surface area contributed by atoms with E-state index < -0.39 is 0 Å². The average Bonchev–Trinajstić information content (AvgIpc) is 2.76. The van der Waals surface area contributed by atoms with Gasteiger partial charge in [0, 0.05) is 30.6 Å². The summed E-state index contributed by atoms with van der Waals surface area (Å²) in [4.78, 5) is 1.02. The number of rotatable bonds is 3. The molecule has 0 saturated carbocycles. The largest absolute Gasteiger partial charge is 0.323 e. The molecule has 0 bridgehead atoms. The van der Waals surface area contributed by atoms with Crippen LogP contribution in [0.4, 0.5) is 0 Å². The minimum Gasteiger partial charge on any atom is -0.323 e. The summed E-state index contributed by atoms with van der Waals surface area (Å²) in [6.07, 6.45) is 2.53. The second kappa shape index (κ2) is 4.53. The lowest BCUT2D eigenvalue weighted by Gasteiger charge is -2.07. The smallest absolute Gasteiger partial charge is 0.0846 e. The van der Waals surface area contributed by atoms with E-state index in [9.17, 15) is 0 Å². The second-order valence-corrected chi connectivity index (χ2v) is 5.08. The first kappa shape index (κ1) is 11.6. The van der Waals surface area contributed by atoms with E-state index in [1.54, 1.807) is 16.0 Å². The summed E-state index contributed by atoms with van der Waals surface area (Å²) in [6, 6.07) is -0.108. The molecule has 0 saturated heterocycles. The van der Waals surface area contributed by atoms with Gasteiger partial charge in [-0.05, 0) is 17.9 Å². The van der Waals surface area contributed by atoms with Gasteiger partial charge < -0.3 is 5.73 Å². The van der Waals surface area contributed by atoms with Crippen molar-refractivity contribution in [1.82, 2.24) is 15.0 Å². The van der Waals surface area contributed by atoms with Crippen molar-refractivity contribution in [2.75, 3.05) is 0 Å². The number of aryl methyl sites for hydroxylation is 2. The molecule has 0 spiro atoms. The fourth-order valence-electron chi connectivity index (χ4n) is 1.51. The summed E-state index contributed by atoms with van der Waals surface area (Å²) in [6.45, 7) is 1.98. The molecule has 0 aliphatic carbocycles. The van der Waals surface area contributed by atoms with Crippen molar-refractivity contribution >= 4 is 22.9 Å². The summed E-state index contributed by atoms with van der Waals surface area (Å²) < 4.78 is 1.67. The number of hydrogen-bond acceptors (Lipinski definition) is 4. The van der Waals surface area contributed by atoms with Crippen LogP contribution in [0.5, 0.6) is 0 Å². The molecule has 1 unspecified atom stereocenters. The number of aromatic nitrogens is 3. The van der Waals surface area contributed by atoms with Crippen LogP contribution in [-0.4, -0.2) is 15.0 Å². The Morgan fingerprint density at radius 1 is 1.62 bits per heavy atom. The Hall–Kier alpha value is -0.910. The lowest BCUT2D eigenvalue weighted by atomic mass is 10.1. The molecule has 1 atom stereocenters. The minimum absolute atomic E-state index is 0.108. The van der Waals surface area contributed by atoms with Crippen LogP contribution in [0.1, 0.15) is 22.2 Å². The molecule has 2 aromatic rings. The quantitative estimate of drug-likeness (QED) is 0.915. The number of thiophene rings is 1. The number of halogens is 1. The molecule has 2 rings (SSSR count). The van der Waals surface area contributed by atoms with Crippen molar-refractivity contribution in [3.05, 3.63) is 32.7 Å². The van der Waals surface area contributed by atoms with Gasteiger partial charge in [-0.1, -0.05) is 16.8 Å². The molecule has 0 aliphatic heterocycles. The predicted molar refractivity (Wildman–Crippen MR) is 65.7 cm³/mol. The van der Waals surface area contributed by atoms with Gasteiger partial charge in [0.1, 0.15) is 0 Å². The van der Waals surface area contributed by atoms with E-state index in [-0.39, 0.29) is 6.04 Å². The van der Waals surface area contributed by atoms with E-state index in [1.807, 2.05) is 25.5 Å². The van der Waals surface area contributed by atoms with Crippen LogP contribution in [0.3, 0.4) is 0 Å². The Morgan fingerprint density at radius 3 is 2.88 bits per heavy atom. The molecule has 4 nitrogen and oxygen atoms in total. The van der Waals surface area contributed by atoms with E-state index in [1.165, 1.54) is 0 Å². The average molecular weight is 257 g/mol. The van der Waals surface area contributed by atoms with Crippen LogP contribution in [0.15, 0.2) is 11.6 Å². The molecule has 6 heteroatoms. The van der Waals surface area contributed by atoms with Gasteiger partial charge in [0.25, 0.3) is 0 Å². The van der Waals surface area contributed by atoms with Gasteiger partial charge in [-0.2, -0.15) is 0 Å². The van der Waals surface area contributed by atoms with Gasteiger partial charge in [0.15, 0.2) is 0 Å². The Balaban J connectivity index is 2.14. The summed E-state index contributed by atoms with van der Waals surface area (Å²) in [5.74, 6) is 0.